The molecule has 0 saturated heterocycles. The highest BCUT2D eigenvalue weighted by Gasteiger charge is 2.25. The molecule has 28 heavy (non-hydrogen) atoms. The second kappa shape index (κ2) is 7.51. The monoisotopic (exact) mass is 443 g/mol. The van der Waals surface area contributed by atoms with Gasteiger partial charge in [0.15, 0.2) is 19.7 Å². The summed E-state index contributed by atoms with van der Waals surface area (Å²) in [5.74, 6) is 0.0853. The van der Waals surface area contributed by atoms with Crippen LogP contribution in [-0.2, 0) is 29.8 Å². The SMILES string of the molecule is C=CS(=O)(=O)c1ccc(-c2cc(OC)[c]cc2S(=O)(=O)C=C)c(S(=O)(=O)O)c1. The quantitative estimate of drug-likeness (QED) is 0.645. The number of hydrogen-bond acceptors (Lipinski definition) is 7. The highest BCUT2D eigenvalue weighted by atomic mass is 32.2. The minimum Gasteiger partial charge on any atom is -0.496 e. The van der Waals surface area contributed by atoms with Crippen molar-refractivity contribution >= 4 is 29.8 Å². The van der Waals surface area contributed by atoms with Crippen LogP contribution in [-0.4, -0.2) is 36.9 Å². The van der Waals surface area contributed by atoms with Gasteiger partial charge in [-0.05, 0) is 24.3 Å². The van der Waals surface area contributed by atoms with Gasteiger partial charge in [-0.15, -0.1) is 0 Å². The third-order valence-electron chi connectivity index (χ3n) is 3.70. The maximum absolute atomic E-state index is 12.3. The minimum absolute atomic E-state index is 0.0853. The van der Waals surface area contributed by atoms with Crippen LogP contribution in [0, 0.1) is 6.07 Å². The molecule has 0 unspecified atom stereocenters. The van der Waals surface area contributed by atoms with Crippen molar-refractivity contribution in [2.45, 2.75) is 14.7 Å². The van der Waals surface area contributed by atoms with E-state index in [4.69, 9.17) is 4.74 Å². The van der Waals surface area contributed by atoms with Crippen molar-refractivity contribution in [2.24, 2.45) is 0 Å². The summed E-state index contributed by atoms with van der Waals surface area (Å²) in [7, 11) is -11.7. The fraction of sp³-hybridized carbons (Fsp3) is 0.0588. The van der Waals surface area contributed by atoms with E-state index >= 15 is 0 Å². The molecule has 11 heteroatoms. The van der Waals surface area contributed by atoms with E-state index in [-0.39, 0.29) is 21.8 Å². The molecule has 0 heterocycles. The van der Waals surface area contributed by atoms with Gasteiger partial charge in [0.1, 0.15) is 10.6 Å². The Morgan fingerprint density at radius 1 is 0.929 bits per heavy atom. The Morgan fingerprint density at radius 3 is 2.04 bits per heavy atom. The molecule has 0 fully saturated rings. The first-order valence-electron chi connectivity index (χ1n) is 7.34. The maximum atomic E-state index is 12.3. The summed E-state index contributed by atoms with van der Waals surface area (Å²) in [4.78, 5) is -1.60. The molecule has 2 rings (SSSR count). The Hall–Kier alpha value is -2.47. The van der Waals surface area contributed by atoms with Crippen LogP contribution in [0.25, 0.3) is 11.1 Å². The van der Waals surface area contributed by atoms with E-state index in [1.54, 1.807) is 0 Å². The molecule has 0 bridgehead atoms. The average Bonchev–Trinajstić information content (AvgIpc) is 2.66. The van der Waals surface area contributed by atoms with Crippen molar-refractivity contribution < 1.29 is 34.5 Å². The van der Waals surface area contributed by atoms with Crippen LogP contribution < -0.4 is 4.74 Å². The first-order valence-corrected chi connectivity index (χ1v) is 11.9. The molecule has 0 amide bonds. The Kier molecular flexibility index (Phi) is 5.85. The first kappa shape index (κ1) is 21.8. The maximum Gasteiger partial charge on any atom is 0.295 e. The molecular weight excluding hydrogens is 428 g/mol. The van der Waals surface area contributed by atoms with Crippen molar-refractivity contribution in [3.05, 3.63) is 60.4 Å². The van der Waals surface area contributed by atoms with Crippen molar-refractivity contribution in [3.63, 3.8) is 0 Å². The molecule has 1 radical (unpaired) electrons. The number of benzene rings is 2. The summed E-state index contributed by atoms with van der Waals surface area (Å²) in [5, 5.41) is 1.28. The lowest BCUT2D eigenvalue weighted by Crippen LogP contribution is -2.07. The molecule has 0 spiro atoms. The van der Waals surface area contributed by atoms with Crippen LogP contribution in [0.3, 0.4) is 0 Å². The Bertz CT molecular complexity index is 1270. The van der Waals surface area contributed by atoms with Crippen molar-refractivity contribution in [2.75, 3.05) is 7.11 Å². The van der Waals surface area contributed by atoms with Gasteiger partial charge in [-0.2, -0.15) is 8.42 Å². The molecule has 0 aromatic heterocycles. The Balaban J connectivity index is 3.00. The van der Waals surface area contributed by atoms with Crippen molar-refractivity contribution in [1.29, 1.82) is 0 Å². The molecule has 8 nitrogen and oxygen atoms in total. The molecule has 2 aromatic rings. The molecule has 0 aliphatic carbocycles. The molecule has 0 aliphatic heterocycles. The van der Waals surface area contributed by atoms with Gasteiger partial charge in [0, 0.05) is 28.0 Å². The molecule has 149 valence electrons. The minimum atomic E-state index is -4.93. The largest absolute Gasteiger partial charge is 0.496 e. The van der Waals surface area contributed by atoms with Crippen molar-refractivity contribution in [1.82, 2.24) is 0 Å². The molecular formula is C17H15O8S3. The van der Waals surface area contributed by atoms with Gasteiger partial charge < -0.3 is 4.74 Å². The normalized spacial score (nSPS) is 12.4. The standard InChI is InChI=1S/C17H15O8S3/c1-4-26(18,19)13-7-8-14(17(11-13)28(22,23)24)15-10-12(25-3)6-9-16(15)27(20,21)5-2/h4-5,7-11H,1-2H2,3H3,(H,22,23,24). The molecule has 0 aliphatic rings. The summed E-state index contributed by atoms with van der Waals surface area (Å²) < 4.78 is 87.0. The van der Waals surface area contributed by atoms with Crippen LogP contribution in [0.5, 0.6) is 5.75 Å². The summed E-state index contributed by atoms with van der Waals surface area (Å²) in [6.07, 6.45) is 0. The lowest BCUT2D eigenvalue weighted by molar-refractivity contribution is 0.413. The molecule has 2 aromatic carbocycles. The summed E-state index contributed by atoms with van der Waals surface area (Å²) in [6, 6.07) is 7.68. The zero-order valence-electron chi connectivity index (χ0n) is 14.5. The second-order valence-electron chi connectivity index (χ2n) is 5.34. The smallest absolute Gasteiger partial charge is 0.295 e. The van der Waals surface area contributed by atoms with Crippen LogP contribution in [0.4, 0.5) is 0 Å². The van der Waals surface area contributed by atoms with E-state index in [1.807, 2.05) is 0 Å². The van der Waals surface area contributed by atoms with Gasteiger partial charge in [-0.1, -0.05) is 19.2 Å². The predicted octanol–water partition coefficient (Wildman–Crippen LogP) is 2.24. The fourth-order valence-corrected chi connectivity index (χ4v) is 4.74. The van der Waals surface area contributed by atoms with Crippen LogP contribution in [0.15, 0.2) is 69.0 Å². The first-order chi connectivity index (χ1) is 12.9. The molecule has 1 N–H and O–H groups in total. The van der Waals surface area contributed by atoms with E-state index in [9.17, 15) is 29.8 Å². The topological polar surface area (TPSA) is 132 Å². The summed E-state index contributed by atoms with van der Waals surface area (Å²) >= 11 is 0. The van der Waals surface area contributed by atoms with Gasteiger partial charge in [-0.25, -0.2) is 16.8 Å². The van der Waals surface area contributed by atoms with E-state index in [0.717, 1.165) is 24.3 Å². The second-order valence-corrected chi connectivity index (χ2v) is 10.5. The summed E-state index contributed by atoms with van der Waals surface area (Å²) in [6.45, 7) is 6.37. The van der Waals surface area contributed by atoms with E-state index in [0.29, 0.717) is 10.8 Å². The molecule has 0 atom stereocenters. The number of hydrogen-bond donors (Lipinski definition) is 1. The van der Waals surface area contributed by atoms with Gasteiger partial charge in [0.2, 0.25) is 0 Å². The zero-order valence-corrected chi connectivity index (χ0v) is 16.9. The number of rotatable bonds is 7. The fourth-order valence-electron chi connectivity index (χ4n) is 2.32. The molecule has 0 saturated carbocycles. The van der Waals surface area contributed by atoms with Gasteiger partial charge in [0.25, 0.3) is 10.1 Å². The number of ether oxygens (including phenoxy) is 1. The van der Waals surface area contributed by atoms with E-state index in [2.05, 4.69) is 19.2 Å². The average molecular weight is 444 g/mol. The predicted molar refractivity (Wildman–Crippen MR) is 102 cm³/mol. The Morgan fingerprint density at radius 2 is 1.54 bits per heavy atom. The summed E-state index contributed by atoms with van der Waals surface area (Å²) in [5.41, 5.74) is -0.399. The van der Waals surface area contributed by atoms with Crippen LogP contribution >= 0.6 is 0 Å². The number of methoxy groups -OCH3 is 1. The third kappa shape index (κ3) is 4.17. The van der Waals surface area contributed by atoms with Gasteiger partial charge >= 0.3 is 0 Å². The lowest BCUT2D eigenvalue weighted by Gasteiger charge is -2.14. The van der Waals surface area contributed by atoms with E-state index < -0.39 is 39.6 Å². The van der Waals surface area contributed by atoms with E-state index in [1.165, 1.54) is 13.2 Å². The Labute approximate surface area is 163 Å². The van der Waals surface area contributed by atoms with Crippen LogP contribution in [0.2, 0.25) is 0 Å². The van der Waals surface area contributed by atoms with Gasteiger partial charge in [0.05, 0.1) is 16.9 Å². The highest BCUT2D eigenvalue weighted by molar-refractivity contribution is 7.94. The third-order valence-corrected chi connectivity index (χ3v) is 7.33. The highest BCUT2D eigenvalue weighted by Crippen LogP contribution is 2.36. The van der Waals surface area contributed by atoms with Crippen molar-refractivity contribution in [3.8, 4) is 16.9 Å². The number of sulfone groups is 2. The van der Waals surface area contributed by atoms with Gasteiger partial charge in [-0.3, -0.25) is 4.55 Å². The zero-order chi connectivity index (χ0) is 21.3. The van der Waals surface area contributed by atoms with Crippen LogP contribution in [0.1, 0.15) is 0 Å². The lowest BCUT2D eigenvalue weighted by atomic mass is 10.1.